The molecule has 0 bridgehead atoms. The molecule has 49 heavy (non-hydrogen) atoms. The van der Waals surface area contributed by atoms with E-state index in [1.807, 2.05) is 0 Å². The van der Waals surface area contributed by atoms with Crippen LogP contribution in [0.3, 0.4) is 0 Å². The van der Waals surface area contributed by atoms with Crippen LogP contribution in [0.25, 0.3) is 22.8 Å². The van der Waals surface area contributed by atoms with Crippen LogP contribution in [0, 0.1) is 11.8 Å². The number of nitrogen functional groups attached to an aromatic ring is 1. The van der Waals surface area contributed by atoms with Gasteiger partial charge in [-0.05, 0) is 62.8 Å². The quantitative estimate of drug-likeness (QED) is 0.0806. The van der Waals surface area contributed by atoms with Crippen LogP contribution < -0.4 is 15.2 Å². The van der Waals surface area contributed by atoms with Crippen LogP contribution in [-0.4, -0.2) is 62.5 Å². The number of aromatic hydroxyl groups is 2. The summed E-state index contributed by atoms with van der Waals surface area (Å²) in [5.41, 5.74) is 6.43. The number of anilines is 1. The van der Waals surface area contributed by atoms with Gasteiger partial charge in [0, 0.05) is 12.1 Å². The molecule has 2 unspecified atom stereocenters. The fraction of sp³-hybridized carbons (Fsp3) is 0.541. The normalized spacial score (nSPS) is 12.5. The maximum atomic E-state index is 12.4. The number of hydrogen-bond donors (Lipinski definition) is 3. The van der Waals surface area contributed by atoms with Crippen LogP contribution in [0.15, 0.2) is 36.4 Å². The zero-order valence-corrected chi connectivity index (χ0v) is 29.6. The Kier molecular flexibility index (Phi) is 15.4. The van der Waals surface area contributed by atoms with Crippen LogP contribution in [0.1, 0.15) is 92.9 Å². The Labute approximate surface area is 289 Å². The van der Waals surface area contributed by atoms with E-state index in [0.717, 1.165) is 51.4 Å². The van der Waals surface area contributed by atoms with Gasteiger partial charge in [-0.1, -0.05) is 66.2 Å². The number of nitrogens with zero attached hydrogens (tertiary/aromatic N) is 3. The maximum absolute atomic E-state index is 12.4. The minimum Gasteiger partial charge on any atom is -0.507 e. The van der Waals surface area contributed by atoms with Crippen LogP contribution in [0.2, 0.25) is 0 Å². The highest BCUT2D eigenvalue weighted by Gasteiger charge is 2.21. The lowest BCUT2D eigenvalue weighted by atomic mass is 10.1. The highest BCUT2D eigenvalue weighted by molar-refractivity contribution is 5.76. The number of carbonyl (C=O) groups excluding carboxylic acids is 2. The van der Waals surface area contributed by atoms with Crippen LogP contribution in [0.5, 0.6) is 23.0 Å². The van der Waals surface area contributed by atoms with E-state index in [2.05, 4.69) is 42.6 Å². The number of hydrogen-bond acceptors (Lipinski definition) is 12. The van der Waals surface area contributed by atoms with Crippen LogP contribution >= 0.6 is 0 Å². The van der Waals surface area contributed by atoms with Gasteiger partial charge in [0.15, 0.2) is 23.9 Å². The lowest BCUT2D eigenvalue weighted by Gasteiger charge is -2.15. The molecule has 0 radical (unpaired) electrons. The first-order valence-corrected chi connectivity index (χ1v) is 17.2. The Balaban J connectivity index is 1.60. The second-order valence-corrected chi connectivity index (χ2v) is 13.0. The van der Waals surface area contributed by atoms with Gasteiger partial charge in [-0.2, -0.15) is 9.97 Å². The number of unbranched alkanes of at least 4 members (excludes halogenated alkanes) is 4. The van der Waals surface area contributed by atoms with E-state index in [4.69, 9.17) is 24.7 Å². The molecule has 1 aromatic heterocycles. The number of benzene rings is 2. The van der Waals surface area contributed by atoms with Crippen molar-refractivity contribution < 1.29 is 38.7 Å². The molecule has 0 amide bonds. The molecule has 2 aromatic carbocycles. The summed E-state index contributed by atoms with van der Waals surface area (Å²) < 4.78 is 22.1. The van der Waals surface area contributed by atoms with Crippen molar-refractivity contribution in [3.05, 3.63) is 36.4 Å². The Hall–Kier alpha value is -4.61. The molecule has 3 rings (SSSR count). The molecule has 2 atom stereocenters. The monoisotopic (exact) mass is 680 g/mol. The van der Waals surface area contributed by atoms with Crippen molar-refractivity contribution in [1.82, 2.24) is 15.0 Å². The van der Waals surface area contributed by atoms with E-state index >= 15 is 0 Å². The summed E-state index contributed by atoms with van der Waals surface area (Å²) in [6.45, 7) is 12.6. The summed E-state index contributed by atoms with van der Waals surface area (Å²) in [7, 11) is 0. The highest BCUT2D eigenvalue weighted by atomic mass is 16.6. The highest BCUT2D eigenvalue weighted by Crippen LogP contribution is 2.35. The van der Waals surface area contributed by atoms with Crippen molar-refractivity contribution in [3.8, 4) is 45.8 Å². The Morgan fingerprint density at radius 3 is 1.41 bits per heavy atom. The molecular weight excluding hydrogens is 628 g/mol. The number of nitrogens with two attached hydrogens (primary N) is 1. The lowest BCUT2D eigenvalue weighted by Crippen LogP contribution is -2.26. The SMILES string of the molecule is CC(C)CCCCCOC(=O)C(C)Oc1ccc(-c2nc(N)nc(-c3ccc(OC(C)C(=O)OCCCCCC(C)C)cc3O)n2)c(O)c1. The molecule has 268 valence electrons. The number of carbonyl (C=O) groups is 2. The van der Waals surface area contributed by atoms with E-state index in [0.29, 0.717) is 25.0 Å². The van der Waals surface area contributed by atoms with E-state index in [1.54, 1.807) is 26.0 Å². The van der Waals surface area contributed by atoms with Gasteiger partial charge in [0.1, 0.15) is 23.0 Å². The van der Waals surface area contributed by atoms with Gasteiger partial charge in [0.05, 0.1) is 24.3 Å². The number of ether oxygens (including phenoxy) is 4. The number of phenolic OH excluding ortho intramolecular Hbond substituents is 2. The van der Waals surface area contributed by atoms with Gasteiger partial charge >= 0.3 is 11.9 Å². The fourth-order valence-corrected chi connectivity index (χ4v) is 4.93. The van der Waals surface area contributed by atoms with Gasteiger partial charge in [-0.15, -0.1) is 0 Å². The second kappa shape index (κ2) is 19.4. The molecule has 12 nitrogen and oxygen atoms in total. The Bertz CT molecular complexity index is 1410. The molecule has 0 aliphatic heterocycles. The smallest absolute Gasteiger partial charge is 0.347 e. The van der Waals surface area contributed by atoms with Crippen LogP contribution in [0.4, 0.5) is 5.95 Å². The topological polar surface area (TPSA) is 176 Å². The molecule has 0 aliphatic carbocycles. The van der Waals surface area contributed by atoms with Gasteiger partial charge < -0.3 is 34.9 Å². The second-order valence-electron chi connectivity index (χ2n) is 13.0. The first kappa shape index (κ1) is 38.8. The fourth-order valence-electron chi connectivity index (χ4n) is 4.93. The molecule has 12 heteroatoms. The largest absolute Gasteiger partial charge is 0.507 e. The molecule has 0 saturated heterocycles. The molecular formula is C37H52N4O8. The summed E-state index contributed by atoms with van der Waals surface area (Å²) in [5, 5.41) is 21.6. The number of rotatable bonds is 20. The van der Waals surface area contributed by atoms with Crippen molar-refractivity contribution in [2.24, 2.45) is 11.8 Å². The van der Waals surface area contributed by atoms with E-state index in [-0.39, 0.29) is 51.7 Å². The third-order valence-corrected chi connectivity index (χ3v) is 7.70. The molecule has 0 fully saturated rings. The standard InChI is InChI=1S/C37H52N4O8/c1-23(2)13-9-7-11-19-46-35(44)25(5)48-27-15-17-29(31(42)21-27)33-39-34(41-37(38)40-33)30-18-16-28(22-32(30)43)49-26(6)36(45)47-20-12-8-10-14-24(3)4/h15-18,21-26,42-43H,7-14,19-20H2,1-6H3,(H2,38,39,40,41). The van der Waals surface area contributed by atoms with Crippen molar-refractivity contribution in [2.75, 3.05) is 18.9 Å². The number of aromatic nitrogens is 3. The molecule has 0 saturated carbocycles. The molecule has 0 aliphatic rings. The summed E-state index contributed by atoms with van der Waals surface area (Å²) >= 11 is 0. The Morgan fingerprint density at radius 1 is 0.633 bits per heavy atom. The zero-order chi connectivity index (χ0) is 35.9. The van der Waals surface area contributed by atoms with Crippen molar-refractivity contribution in [1.29, 1.82) is 0 Å². The summed E-state index contributed by atoms with van der Waals surface area (Å²) in [5.74, 6) is 0.358. The lowest BCUT2D eigenvalue weighted by molar-refractivity contribution is -0.152. The molecule has 0 spiro atoms. The number of phenols is 2. The predicted molar refractivity (Wildman–Crippen MR) is 187 cm³/mol. The Morgan fingerprint density at radius 2 is 1.04 bits per heavy atom. The van der Waals surface area contributed by atoms with E-state index in [9.17, 15) is 19.8 Å². The van der Waals surface area contributed by atoms with Crippen LogP contribution in [-0.2, 0) is 19.1 Å². The van der Waals surface area contributed by atoms with Gasteiger partial charge in [0.2, 0.25) is 5.95 Å². The first-order valence-electron chi connectivity index (χ1n) is 17.2. The molecule has 1 heterocycles. The van der Waals surface area contributed by atoms with Crippen molar-refractivity contribution in [2.45, 2.75) is 105 Å². The zero-order valence-electron chi connectivity index (χ0n) is 29.6. The summed E-state index contributed by atoms with van der Waals surface area (Å²) in [4.78, 5) is 37.5. The predicted octanol–water partition coefficient (Wildman–Crippen LogP) is 7.25. The minimum absolute atomic E-state index is 0.0526. The summed E-state index contributed by atoms with van der Waals surface area (Å²) in [6.07, 6.45) is 6.31. The third-order valence-electron chi connectivity index (χ3n) is 7.70. The average Bonchev–Trinajstić information content (AvgIpc) is 3.03. The van der Waals surface area contributed by atoms with Gasteiger partial charge in [-0.25, -0.2) is 14.6 Å². The first-order chi connectivity index (χ1) is 23.3. The summed E-state index contributed by atoms with van der Waals surface area (Å²) in [6, 6.07) is 8.86. The average molecular weight is 681 g/mol. The minimum atomic E-state index is -0.881. The third kappa shape index (κ3) is 13.1. The van der Waals surface area contributed by atoms with Gasteiger partial charge in [0.25, 0.3) is 0 Å². The van der Waals surface area contributed by atoms with E-state index in [1.165, 1.54) is 24.3 Å². The molecule has 4 N–H and O–H groups in total. The van der Waals surface area contributed by atoms with Crippen molar-refractivity contribution >= 4 is 17.9 Å². The van der Waals surface area contributed by atoms with Gasteiger partial charge in [-0.3, -0.25) is 0 Å². The molecule has 3 aromatic rings. The van der Waals surface area contributed by atoms with Crippen molar-refractivity contribution in [3.63, 3.8) is 0 Å². The number of esters is 2. The maximum Gasteiger partial charge on any atom is 0.347 e. The van der Waals surface area contributed by atoms with E-state index < -0.39 is 24.1 Å².